The lowest BCUT2D eigenvalue weighted by molar-refractivity contribution is 0.0800. The van der Waals surface area contributed by atoms with Crippen LogP contribution < -0.4 is 4.74 Å². The Bertz CT molecular complexity index is 1750. The molecular weight excluding hydrogens is 462 g/mol. The molecule has 7 nitrogen and oxygen atoms in total. The minimum absolute atomic E-state index is 0.354. The van der Waals surface area contributed by atoms with Gasteiger partial charge in [0.25, 0.3) is 0 Å². The van der Waals surface area contributed by atoms with E-state index in [2.05, 4.69) is 17.1 Å². The quantitative estimate of drug-likeness (QED) is 0.293. The summed E-state index contributed by atoms with van der Waals surface area (Å²) in [7, 11) is 0. The molecule has 2 aromatic heterocycles. The molecule has 0 amide bonds. The molecule has 6 rings (SSSR count). The molecule has 0 bridgehead atoms. The van der Waals surface area contributed by atoms with E-state index in [-0.39, 0.29) is 0 Å². The summed E-state index contributed by atoms with van der Waals surface area (Å²) >= 11 is 0. The van der Waals surface area contributed by atoms with Crippen LogP contribution in [-0.4, -0.2) is 32.3 Å². The van der Waals surface area contributed by atoms with E-state index in [1.165, 1.54) is 12.8 Å². The number of H-pyrrole nitrogens is 1. The first-order valence-corrected chi connectivity index (χ1v) is 12.4. The van der Waals surface area contributed by atoms with E-state index >= 15 is 0 Å². The number of aromatic nitrogens is 3. The monoisotopic (exact) mass is 487 g/mol. The number of rotatable bonds is 6. The predicted molar refractivity (Wildman–Crippen MR) is 142 cm³/mol. The number of ether oxygens (including phenoxy) is 1. The highest BCUT2D eigenvalue weighted by atomic mass is 16.5. The number of nitriles is 2. The van der Waals surface area contributed by atoms with Crippen molar-refractivity contribution in [2.75, 3.05) is 6.61 Å². The number of pyridine rings is 1. The highest BCUT2D eigenvalue weighted by Gasteiger charge is 2.23. The van der Waals surface area contributed by atoms with Crippen molar-refractivity contribution < 1.29 is 9.84 Å². The van der Waals surface area contributed by atoms with Gasteiger partial charge in [0.05, 0.1) is 52.1 Å². The standard InChI is InChI=1S/C30H25N5O2/c1-30(2,36)13-20-8-10-23-26(33-20)24-12-21(37-16-17-6-7-17)9-11-22(24)27-28(23)35-29(34-27)25-18(14-31)4-3-5-19(25)15-32/h3-5,8-12,17,33,36H,6-7,13,16H2,1-2H3. The summed E-state index contributed by atoms with van der Waals surface area (Å²) in [6, 6.07) is 19.3. The Morgan fingerprint density at radius 2 is 1.65 bits per heavy atom. The molecule has 0 atom stereocenters. The van der Waals surface area contributed by atoms with E-state index in [1.807, 2.05) is 30.3 Å². The third-order valence-electron chi connectivity index (χ3n) is 6.77. The largest absolute Gasteiger partial charge is 0.493 e. The minimum Gasteiger partial charge on any atom is -0.493 e. The second-order valence-corrected chi connectivity index (χ2v) is 10.4. The summed E-state index contributed by atoms with van der Waals surface area (Å²) in [4.78, 5) is 13.3. The first kappa shape index (κ1) is 23.0. The summed E-state index contributed by atoms with van der Waals surface area (Å²) in [5, 5.41) is 32.5. The number of nitrogens with zero attached hydrogens (tertiary/aromatic N) is 4. The summed E-state index contributed by atoms with van der Waals surface area (Å²) in [6.45, 7) is 4.27. The average Bonchev–Trinajstić information content (AvgIpc) is 3.61. The number of aliphatic hydroxyl groups is 1. The molecule has 37 heavy (non-hydrogen) atoms. The molecular formula is C30H25N5O2. The van der Waals surface area contributed by atoms with Gasteiger partial charge in [-0.3, -0.25) is 0 Å². The molecule has 5 aromatic rings. The van der Waals surface area contributed by atoms with Crippen LogP contribution in [0.4, 0.5) is 0 Å². The first-order valence-electron chi connectivity index (χ1n) is 12.4. The van der Waals surface area contributed by atoms with Crippen LogP contribution in [0.15, 0.2) is 48.5 Å². The Labute approximate surface area is 214 Å². The van der Waals surface area contributed by atoms with Gasteiger partial charge < -0.3 is 14.8 Å². The van der Waals surface area contributed by atoms with Crippen LogP contribution in [0.1, 0.15) is 43.5 Å². The van der Waals surface area contributed by atoms with Crippen LogP contribution in [0.5, 0.6) is 5.75 Å². The Morgan fingerprint density at radius 1 is 0.973 bits per heavy atom. The lowest BCUT2D eigenvalue weighted by Crippen LogP contribution is -2.22. The van der Waals surface area contributed by atoms with Crippen LogP contribution >= 0.6 is 0 Å². The van der Waals surface area contributed by atoms with Crippen molar-refractivity contribution in [2.45, 2.75) is 38.7 Å². The van der Waals surface area contributed by atoms with Crippen molar-refractivity contribution in [1.29, 1.82) is 10.5 Å². The number of nitrogens with one attached hydrogen (secondary N) is 1. The minimum atomic E-state index is -0.870. The fourth-order valence-corrected chi connectivity index (χ4v) is 4.85. The lowest BCUT2D eigenvalue weighted by atomic mass is 9.99. The van der Waals surface area contributed by atoms with Gasteiger partial charge in [0, 0.05) is 28.3 Å². The molecule has 0 aliphatic heterocycles. The molecule has 1 saturated carbocycles. The molecule has 182 valence electrons. The smallest absolute Gasteiger partial charge is 0.163 e. The van der Waals surface area contributed by atoms with Crippen molar-refractivity contribution in [1.82, 2.24) is 15.0 Å². The van der Waals surface area contributed by atoms with Crippen molar-refractivity contribution in [2.24, 2.45) is 5.92 Å². The number of hydrogen-bond acceptors (Lipinski definition) is 6. The molecule has 0 spiro atoms. The number of hydrogen-bond donors (Lipinski definition) is 2. The molecule has 0 unspecified atom stereocenters. The molecule has 7 heteroatoms. The van der Waals surface area contributed by atoms with Gasteiger partial charge in [-0.25, -0.2) is 9.97 Å². The predicted octanol–water partition coefficient (Wildman–Crippen LogP) is 5.78. The topological polar surface area (TPSA) is 119 Å². The van der Waals surface area contributed by atoms with Gasteiger partial charge in [-0.1, -0.05) is 6.07 Å². The second-order valence-electron chi connectivity index (χ2n) is 10.4. The number of benzene rings is 3. The van der Waals surface area contributed by atoms with Crippen LogP contribution in [-0.2, 0) is 6.42 Å². The number of fused-ring (bicyclic) bond motifs is 6. The third kappa shape index (κ3) is 4.24. The van der Waals surface area contributed by atoms with Crippen molar-refractivity contribution >= 4 is 32.7 Å². The zero-order valence-corrected chi connectivity index (χ0v) is 20.7. The SMILES string of the molecule is CC(C)(O)Cc1ccc2c3nc(-c4c(C#N)cccc4C#N)nc3c3ccc(OCC4CC4)cc3c2[nH]1. The molecule has 2 N–H and O–H groups in total. The Hall–Kier alpha value is -4.46. The molecule has 1 aliphatic carbocycles. The van der Waals surface area contributed by atoms with Crippen molar-refractivity contribution in [3.63, 3.8) is 0 Å². The number of imidazole rings is 1. The molecule has 0 radical (unpaired) electrons. The first-order chi connectivity index (χ1) is 17.8. The summed E-state index contributed by atoms with van der Waals surface area (Å²) in [5.41, 5.74) is 3.45. The van der Waals surface area contributed by atoms with Gasteiger partial charge in [0.2, 0.25) is 0 Å². The molecule has 1 aliphatic rings. The van der Waals surface area contributed by atoms with Gasteiger partial charge >= 0.3 is 0 Å². The van der Waals surface area contributed by atoms with Gasteiger partial charge in [0.1, 0.15) is 11.3 Å². The van der Waals surface area contributed by atoms with Gasteiger partial charge in [0.15, 0.2) is 5.82 Å². The van der Waals surface area contributed by atoms with Gasteiger partial charge in [-0.05, 0) is 75.1 Å². The maximum Gasteiger partial charge on any atom is 0.163 e. The zero-order valence-electron chi connectivity index (χ0n) is 20.7. The number of aromatic amines is 1. The zero-order chi connectivity index (χ0) is 25.7. The van der Waals surface area contributed by atoms with E-state index < -0.39 is 5.60 Å². The van der Waals surface area contributed by atoms with Crippen molar-refractivity contribution in [3.05, 3.63) is 65.4 Å². The Morgan fingerprint density at radius 3 is 2.30 bits per heavy atom. The summed E-state index contributed by atoms with van der Waals surface area (Å²) in [5.74, 6) is 1.78. The normalized spacial score (nSPS) is 13.6. The lowest BCUT2D eigenvalue weighted by Gasteiger charge is -2.18. The van der Waals surface area contributed by atoms with Crippen LogP contribution in [0.25, 0.3) is 44.1 Å². The third-order valence-corrected chi connectivity index (χ3v) is 6.77. The Kier molecular flexibility index (Phi) is 5.33. The highest BCUT2D eigenvalue weighted by molar-refractivity contribution is 6.22. The maximum absolute atomic E-state index is 10.4. The molecule has 1 fully saturated rings. The molecule has 2 heterocycles. The van der Waals surface area contributed by atoms with E-state index in [1.54, 1.807) is 32.0 Å². The van der Waals surface area contributed by atoms with E-state index in [0.29, 0.717) is 52.5 Å². The highest BCUT2D eigenvalue weighted by Crippen LogP contribution is 2.38. The van der Waals surface area contributed by atoms with Crippen LogP contribution in [0.2, 0.25) is 0 Å². The van der Waals surface area contributed by atoms with Crippen LogP contribution in [0.3, 0.4) is 0 Å². The van der Waals surface area contributed by atoms with Gasteiger partial charge in [-0.2, -0.15) is 10.5 Å². The van der Waals surface area contributed by atoms with E-state index in [4.69, 9.17) is 14.7 Å². The second kappa shape index (κ2) is 8.58. The van der Waals surface area contributed by atoms with Gasteiger partial charge in [-0.15, -0.1) is 0 Å². The maximum atomic E-state index is 10.4. The average molecular weight is 488 g/mol. The Balaban J connectivity index is 1.63. The fourth-order valence-electron chi connectivity index (χ4n) is 4.85. The van der Waals surface area contributed by atoms with Crippen molar-refractivity contribution in [3.8, 4) is 29.3 Å². The molecule has 3 aromatic carbocycles. The fraction of sp³-hybridized carbons (Fsp3) is 0.267. The summed E-state index contributed by atoms with van der Waals surface area (Å²) < 4.78 is 6.08. The van der Waals surface area contributed by atoms with Crippen LogP contribution in [0, 0.1) is 28.6 Å². The molecule has 0 saturated heterocycles. The van der Waals surface area contributed by atoms with E-state index in [0.717, 1.165) is 33.1 Å². The van der Waals surface area contributed by atoms with E-state index in [9.17, 15) is 15.6 Å². The summed E-state index contributed by atoms with van der Waals surface area (Å²) in [6.07, 6.45) is 2.89.